The summed E-state index contributed by atoms with van der Waals surface area (Å²) in [5, 5.41) is 14.2. The zero-order valence-corrected chi connectivity index (χ0v) is 18.9. The highest BCUT2D eigenvalue weighted by molar-refractivity contribution is 8.00. The number of carbonyl (C=O) groups is 1. The predicted molar refractivity (Wildman–Crippen MR) is 125 cm³/mol. The molecule has 0 fully saturated rings. The van der Waals surface area contributed by atoms with Gasteiger partial charge < -0.3 is 5.32 Å². The number of anilines is 1. The molecule has 6 heteroatoms. The van der Waals surface area contributed by atoms with Gasteiger partial charge in [0.15, 0.2) is 0 Å². The van der Waals surface area contributed by atoms with E-state index in [4.69, 9.17) is 4.98 Å². The SMILES string of the molecule is CC(C)(C)[C@H]1CCc2nc(SCC(=O)Nc3cccc4ncccc34)c(C#N)cc2C1. The molecule has 2 heterocycles. The number of nitriles is 1. The fourth-order valence-corrected chi connectivity index (χ4v) is 4.88. The highest BCUT2D eigenvalue weighted by Gasteiger charge is 2.30. The van der Waals surface area contributed by atoms with Crippen molar-refractivity contribution in [2.24, 2.45) is 11.3 Å². The number of rotatable bonds is 4. The van der Waals surface area contributed by atoms with Crippen LogP contribution in [0.5, 0.6) is 0 Å². The molecule has 1 aromatic carbocycles. The number of hydrogen-bond acceptors (Lipinski definition) is 5. The molecule has 158 valence electrons. The van der Waals surface area contributed by atoms with Crippen LogP contribution in [0, 0.1) is 22.7 Å². The lowest BCUT2D eigenvalue weighted by molar-refractivity contribution is -0.113. The average molecular weight is 431 g/mol. The Morgan fingerprint density at radius 3 is 2.90 bits per heavy atom. The van der Waals surface area contributed by atoms with E-state index in [1.165, 1.54) is 17.3 Å². The van der Waals surface area contributed by atoms with Gasteiger partial charge in [-0.3, -0.25) is 9.78 Å². The second-order valence-corrected chi connectivity index (χ2v) is 10.0. The first-order chi connectivity index (χ1) is 14.8. The number of thioether (sulfide) groups is 1. The third-order valence-corrected chi connectivity index (χ3v) is 6.95. The van der Waals surface area contributed by atoms with Gasteiger partial charge in [-0.05, 0) is 66.5 Å². The molecule has 0 bridgehead atoms. The van der Waals surface area contributed by atoms with E-state index in [2.05, 4.69) is 37.1 Å². The predicted octanol–water partition coefficient (Wildman–Crippen LogP) is 5.38. The molecule has 1 atom stereocenters. The van der Waals surface area contributed by atoms with E-state index in [1.807, 2.05) is 36.4 Å². The Balaban J connectivity index is 1.47. The Bertz CT molecular complexity index is 1170. The van der Waals surface area contributed by atoms with Crippen LogP contribution in [0.15, 0.2) is 47.6 Å². The Kier molecular flexibility index (Phi) is 5.97. The number of fused-ring (bicyclic) bond motifs is 2. The maximum Gasteiger partial charge on any atom is 0.234 e. The van der Waals surface area contributed by atoms with Gasteiger partial charge >= 0.3 is 0 Å². The molecule has 0 radical (unpaired) electrons. The summed E-state index contributed by atoms with van der Waals surface area (Å²) in [6.07, 6.45) is 4.72. The molecule has 0 saturated carbocycles. The van der Waals surface area contributed by atoms with Crippen LogP contribution in [0.2, 0.25) is 0 Å². The minimum Gasteiger partial charge on any atom is -0.325 e. The number of hydrogen-bond donors (Lipinski definition) is 1. The molecule has 5 nitrogen and oxygen atoms in total. The lowest BCUT2D eigenvalue weighted by atomic mass is 9.71. The second kappa shape index (κ2) is 8.68. The molecule has 2 aromatic heterocycles. The topological polar surface area (TPSA) is 78.7 Å². The van der Waals surface area contributed by atoms with Gasteiger partial charge in [0.05, 0.1) is 22.5 Å². The molecule has 1 N–H and O–H groups in total. The smallest absolute Gasteiger partial charge is 0.234 e. The van der Waals surface area contributed by atoms with E-state index < -0.39 is 0 Å². The fraction of sp³-hybridized carbons (Fsp3) is 0.360. The van der Waals surface area contributed by atoms with E-state index in [9.17, 15) is 10.1 Å². The number of aromatic nitrogens is 2. The van der Waals surface area contributed by atoms with Crippen molar-refractivity contribution in [3.63, 3.8) is 0 Å². The Morgan fingerprint density at radius 1 is 1.29 bits per heavy atom. The molecule has 1 amide bonds. The maximum atomic E-state index is 12.6. The Labute approximate surface area is 187 Å². The van der Waals surface area contributed by atoms with Gasteiger partial charge in [0.25, 0.3) is 0 Å². The van der Waals surface area contributed by atoms with Crippen LogP contribution in [0.25, 0.3) is 10.9 Å². The number of nitrogens with zero attached hydrogens (tertiary/aromatic N) is 3. The van der Waals surface area contributed by atoms with Crippen LogP contribution < -0.4 is 5.32 Å². The summed E-state index contributed by atoms with van der Waals surface area (Å²) >= 11 is 1.32. The molecule has 0 unspecified atom stereocenters. The summed E-state index contributed by atoms with van der Waals surface area (Å²) in [5.74, 6) is 0.659. The largest absolute Gasteiger partial charge is 0.325 e. The molecule has 1 aliphatic carbocycles. The van der Waals surface area contributed by atoms with Gasteiger partial charge in [-0.2, -0.15) is 5.26 Å². The average Bonchev–Trinajstić information content (AvgIpc) is 2.76. The molecular weight excluding hydrogens is 404 g/mol. The quantitative estimate of drug-likeness (QED) is 0.562. The van der Waals surface area contributed by atoms with Crippen LogP contribution in [0.3, 0.4) is 0 Å². The minimum absolute atomic E-state index is 0.127. The fourth-order valence-electron chi connectivity index (χ4n) is 4.11. The van der Waals surface area contributed by atoms with Crippen molar-refractivity contribution in [3.05, 3.63) is 59.4 Å². The summed E-state index contributed by atoms with van der Waals surface area (Å²) in [5.41, 5.74) is 4.63. The van der Waals surface area contributed by atoms with Gasteiger partial charge in [0.2, 0.25) is 5.91 Å². The van der Waals surface area contributed by atoms with Gasteiger partial charge in [0.1, 0.15) is 11.1 Å². The van der Waals surface area contributed by atoms with Gasteiger partial charge in [-0.1, -0.05) is 38.6 Å². The minimum atomic E-state index is -0.127. The number of carbonyl (C=O) groups excluding carboxylic acids is 1. The van der Waals surface area contributed by atoms with E-state index >= 15 is 0 Å². The van der Waals surface area contributed by atoms with Crippen molar-refractivity contribution in [1.82, 2.24) is 9.97 Å². The Morgan fingerprint density at radius 2 is 2.13 bits per heavy atom. The van der Waals surface area contributed by atoms with E-state index in [0.29, 0.717) is 16.5 Å². The third-order valence-electron chi connectivity index (χ3n) is 5.96. The van der Waals surface area contributed by atoms with Crippen molar-refractivity contribution in [2.75, 3.05) is 11.1 Å². The van der Waals surface area contributed by atoms with E-state index in [0.717, 1.165) is 41.5 Å². The van der Waals surface area contributed by atoms with Crippen LogP contribution in [0.1, 0.15) is 44.0 Å². The first-order valence-corrected chi connectivity index (χ1v) is 11.5. The molecule has 31 heavy (non-hydrogen) atoms. The molecular formula is C25H26N4OS. The molecule has 3 aromatic rings. The molecule has 0 spiro atoms. The number of benzene rings is 1. The van der Waals surface area contributed by atoms with E-state index in [-0.39, 0.29) is 17.1 Å². The number of amides is 1. The van der Waals surface area contributed by atoms with Gasteiger partial charge in [0, 0.05) is 17.3 Å². The van der Waals surface area contributed by atoms with Crippen LogP contribution >= 0.6 is 11.8 Å². The highest BCUT2D eigenvalue weighted by Crippen LogP contribution is 2.38. The van der Waals surface area contributed by atoms with Gasteiger partial charge in [-0.25, -0.2) is 4.98 Å². The second-order valence-electron chi connectivity index (χ2n) is 9.08. The lowest BCUT2D eigenvalue weighted by Gasteiger charge is -2.34. The number of nitrogens with one attached hydrogen (secondary N) is 1. The maximum absolute atomic E-state index is 12.6. The molecule has 1 aliphatic rings. The van der Waals surface area contributed by atoms with Crippen LogP contribution in [0.4, 0.5) is 5.69 Å². The summed E-state index contributed by atoms with van der Waals surface area (Å²) in [6.45, 7) is 6.82. The number of aryl methyl sites for hydroxylation is 1. The van der Waals surface area contributed by atoms with Crippen molar-refractivity contribution in [3.8, 4) is 6.07 Å². The summed E-state index contributed by atoms with van der Waals surface area (Å²) < 4.78 is 0. The van der Waals surface area contributed by atoms with Gasteiger partial charge in [-0.15, -0.1) is 0 Å². The van der Waals surface area contributed by atoms with Crippen LogP contribution in [-0.4, -0.2) is 21.6 Å². The van der Waals surface area contributed by atoms with Crippen molar-refractivity contribution < 1.29 is 4.79 Å². The summed E-state index contributed by atoms with van der Waals surface area (Å²) in [7, 11) is 0. The highest BCUT2D eigenvalue weighted by atomic mass is 32.2. The normalized spacial score (nSPS) is 15.9. The third kappa shape index (κ3) is 4.72. The lowest BCUT2D eigenvalue weighted by Crippen LogP contribution is -2.27. The Hall–Kier alpha value is -2.91. The zero-order valence-electron chi connectivity index (χ0n) is 18.1. The van der Waals surface area contributed by atoms with Crippen LogP contribution in [-0.2, 0) is 17.6 Å². The molecule has 0 saturated heterocycles. The standard InChI is InChI=1S/C25H26N4OS/c1-25(2,3)18-9-10-20-16(13-18)12-17(14-26)24(29-20)31-15-23(30)28-22-8-4-7-21-19(22)6-5-11-27-21/h4-8,11-12,18H,9-10,13,15H2,1-3H3,(H,28,30)/t18-/m0/s1. The number of pyridine rings is 2. The monoisotopic (exact) mass is 430 g/mol. The first-order valence-electron chi connectivity index (χ1n) is 10.5. The molecule has 4 rings (SSSR count). The summed E-state index contributed by atoms with van der Waals surface area (Å²) in [6, 6.07) is 13.7. The molecule has 0 aliphatic heterocycles. The van der Waals surface area contributed by atoms with E-state index in [1.54, 1.807) is 6.20 Å². The zero-order chi connectivity index (χ0) is 22.0. The first kappa shape index (κ1) is 21.3. The summed E-state index contributed by atoms with van der Waals surface area (Å²) in [4.78, 5) is 21.7. The van der Waals surface area contributed by atoms with Crippen molar-refractivity contribution >= 4 is 34.3 Å². The van der Waals surface area contributed by atoms with Crippen molar-refractivity contribution in [2.45, 2.75) is 45.1 Å². The van der Waals surface area contributed by atoms with Crippen molar-refractivity contribution in [1.29, 1.82) is 5.26 Å².